The Hall–Kier alpha value is -1.06. The Bertz CT molecular complexity index is 363. The van der Waals surface area contributed by atoms with Crippen LogP contribution in [0.15, 0.2) is 24.3 Å². The molecule has 0 atom stereocenters. The van der Waals surface area contributed by atoms with Gasteiger partial charge in [-0.1, -0.05) is 12.1 Å². The molecule has 1 aliphatic carbocycles. The molecule has 100 valence electrons. The Labute approximate surface area is 110 Å². The number of hydrogen-bond donors (Lipinski definition) is 1. The maximum atomic E-state index is 5.83. The molecule has 1 aromatic carbocycles. The van der Waals surface area contributed by atoms with Gasteiger partial charge in [0, 0.05) is 32.0 Å². The van der Waals surface area contributed by atoms with Crippen LogP contribution in [-0.2, 0) is 11.3 Å². The monoisotopic (exact) mass is 248 g/mol. The summed E-state index contributed by atoms with van der Waals surface area (Å²) in [5, 5.41) is 0. The standard InChI is InChI=1S/C15H24N2O/c1-18-10-3-2-9-17(15-7-8-15)12-13-5-4-6-14(16)11-13/h4-6,11,15H,2-3,7-10,12,16H2,1H3. The van der Waals surface area contributed by atoms with Gasteiger partial charge in [-0.3, -0.25) is 4.90 Å². The minimum atomic E-state index is 0.800. The number of methoxy groups -OCH3 is 1. The molecule has 1 aromatic rings. The molecule has 0 bridgehead atoms. The molecule has 0 saturated heterocycles. The van der Waals surface area contributed by atoms with Crippen molar-refractivity contribution in [3.8, 4) is 0 Å². The number of nitrogens with zero attached hydrogens (tertiary/aromatic N) is 1. The molecule has 0 aromatic heterocycles. The SMILES string of the molecule is COCCCCN(Cc1cccc(N)c1)C1CC1. The van der Waals surface area contributed by atoms with Crippen molar-refractivity contribution in [3.63, 3.8) is 0 Å². The van der Waals surface area contributed by atoms with E-state index in [2.05, 4.69) is 17.0 Å². The van der Waals surface area contributed by atoms with Gasteiger partial charge in [-0.2, -0.15) is 0 Å². The Morgan fingerprint density at radius 1 is 1.33 bits per heavy atom. The highest BCUT2D eigenvalue weighted by Gasteiger charge is 2.28. The van der Waals surface area contributed by atoms with Crippen molar-refractivity contribution in [2.24, 2.45) is 0 Å². The molecule has 0 spiro atoms. The van der Waals surface area contributed by atoms with Gasteiger partial charge in [-0.15, -0.1) is 0 Å². The summed E-state index contributed by atoms with van der Waals surface area (Å²) in [7, 11) is 1.77. The second kappa shape index (κ2) is 6.76. The summed E-state index contributed by atoms with van der Waals surface area (Å²) in [4.78, 5) is 2.59. The van der Waals surface area contributed by atoms with Crippen molar-refractivity contribution in [1.29, 1.82) is 0 Å². The van der Waals surface area contributed by atoms with E-state index in [9.17, 15) is 0 Å². The van der Waals surface area contributed by atoms with E-state index in [0.29, 0.717) is 0 Å². The first-order valence-corrected chi connectivity index (χ1v) is 6.87. The van der Waals surface area contributed by atoms with Gasteiger partial charge in [0.1, 0.15) is 0 Å². The van der Waals surface area contributed by atoms with E-state index in [-0.39, 0.29) is 0 Å². The molecule has 2 N–H and O–H groups in total. The fraction of sp³-hybridized carbons (Fsp3) is 0.600. The van der Waals surface area contributed by atoms with Crippen LogP contribution in [0.1, 0.15) is 31.2 Å². The first-order chi connectivity index (χ1) is 8.79. The van der Waals surface area contributed by atoms with Crippen LogP contribution in [0.25, 0.3) is 0 Å². The van der Waals surface area contributed by atoms with Crippen LogP contribution in [0, 0.1) is 0 Å². The van der Waals surface area contributed by atoms with Gasteiger partial charge in [0.05, 0.1) is 0 Å². The van der Waals surface area contributed by atoms with Crippen molar-refractivity contribution in [2.75, 3.05) is 26.0 Å². The number of anilines is 1. The summed E-state index contributed by atoms with van der Waals surface area (Å²) in [6, 6.07) is 9.05. The summed E-state index contributed by atoms with van der Waals surface area (Å²) < 4.78 is 5.10. The minimum Gasteiger partial charge on any atom is -0.399 e. The number of unbranched alkanes of at least 4 members (excludes halogenated alkanes) is 1. The Kier molecular flexibility index (Phi) is 5.02. The zero-order valence-corrected chi connectivity index (χ0v) is 11.3. The van der Waals surface area contributed by atoms with Crippen LogP contribution in [0.3, 0.4) is 0 Å². The average molecular weight is 248 g/mol. The van der Waals surface area contributed by atoms with E-state index < -0.39 is 0 Å². The second-order valence-electron chi connectivity index (χ2n) is 5.15. The highest BCUT2D eigenvalue weighted by molar-refractivity contribution is 5.40. The third-order valence-electron chi connectivity index (χ3n) is 3.44. The smallest absolute Gasteiger partial charge is 0.0462 e. The van der Waals surface area contributed by atoms with Gasteiger partial charge in [0.25, 0.3) is 0 Å². The van der Waals surface area contributed by atoms with Crippen LogP contribution in [0.2, 0.25) is 0 Å². The first kappa shape index (κ1) is 13.4. The molecular weight excluding hydrogens is 224 g/mol. The highest BCUT2D eigenvalue weighted by Crippen LogP contribution is 2.28. The third kappa shape index (κ3) is 4.31. The topological polar surface area (TPSA) is 38.5 Å². The molecule has 2 rings (SSSR count). The summed E-state index contributed by atoms with van der Waals surface area (Å²) in [5.41, 5.74) is 8.02. The lowest BCUT2D eigenvalue weighted by Gasteiger charge is -2.22. The lowest BCUT2D eigenvalue weighted by Crippen LogP contribution is -2.27. The molecular formula is C15H24N2O. The van der Waals surface area contributed by atoms with Gasteiger partial charge in [0.15, 0.2) is 0 Å². The van der Waals surface area contributed by atoms with Gasteiger partial charge in [0.2, 0.25) is 0 Å². The van der Waals surface area contributed by atoms with E-state index in [0.717, 1.165) is 31.3 Å². The van der Waals surface area contributed by atoms with Gasteiger partial charge in [-0.05, 0) is 49.9 Å². The quantitative estimate of drug-likeness (QED) is 0.568. The molecule has 3 nitrogen and oxygen atoms in total. The van der Waals surface area contributed by atoms with Crippen molar-refractivity contribution in [3.05, 3.63) is 29.8 Å². The fourth-order valence-electron chi connectivity index (χ4n) is 2.32. The first-order valence-electron chi connectivity index (χ1n) is 6.87. The number of rotatable bonds is 8. The number of hydrogen-bond acceptors (Lipinski definition) is 3. The molecule has 0 aliphatic heterocycles. The Morgan fingerprint density at radius 3 is 2.83 bits per heavy atom. The molecule has 0 radical (unpaired) electrons. The van der Waals surface area contributed by atoms with Crippen LogP contribution in [0.4, 0.5) is 5.69 Å². The lowest BCUT2D eigenvalue weighted by molar-refractivity contribution is 0.180. The molecule has 18 heavy (non-hydrogen) atoms. The average Bonchev–Trinajstić information content (AvgIpc) is 3.17. The highest BCUT2D eigenvalue weighted by atomic mass is 16.5. The second-order valence-corrected chi connectivity index (χ2v) is 5.15. The predicted octanol–water partition coefficient (Wildman–Crippen LogP) is 2.66. The van der Waals surface area contributed by atoms with Gasteiger partial charge in [-0.25, -0.2) is 0 Å². The van der Waals surface area contributed by atoms with E-state index in [4.69, 9.17) is 10.5 Å². The van der Waals surface area contributed by atoms with Crippen LogP contribution in [-0.4, -0.2) is 31.2 Å². The number of nitrogen functional groups attached to an aromatic ring is 1. The molecule has 0 amide bonds. The summed E-state index contributed by atoms with van der Waals surface area (Å²) in [6.07, 6.45) is 5.07. The van der Waals surface area contributed by atoms with Crippen molar-refractivity contribution in [2.45, 2.75) is 38.3 Å². The zero-order chi connectivity index (χ0) is 12.8. The largest absolute Gasteiger partial charge is 0.399 e. The van der Waals surface area contributed by atoms with Crippen LogP contribution < -0.4 is 5.73 Å². The maximum Gasteiger partial charge on any atom is 0.0462 e. The van der Waals surface area contributed by atoms with Crippen molar-refractivity contribution in [1.82, 2.24) is 4.90 Å². The molecule has 0 heterocycles. The third-order valence-corrected chi connectivity index (χ3v) is 3.44. The molecule has 1 aliphatic rings. The summed E-state index contributed by atoms with van der Waals surface area (Å²) in [6.45, 7) is 3.07. The Balaban J connectivity index is 1.82. The molecule has 1 fully saturated rings. The fourth-order valence-corrected chi connectivity index (χ4v) is 2.32. The van der Waals surface area contributed by atoms with Crippen molar-refractivity contribution >= 4 is 5.69 Å². The maximum absolute atomic E-state index is 5.83. The normalized spacial score (nSPS) is 15.2. The minimum absolute atomic E-state index is 0.800. The molecule has 0 unspecified atom stereocenters. The summed E-state index contributed by atoms with van der Waals surface area (Å²) in [5.74, 6) is 0. The van der Waals surface area contributed by atoms with E-state index in [1.54, 1.807) is 7.11 Å². The lowest BCUT2D eigenvalue weighted by atomic mass is 10.2. The van der Waals surface area contributed by atoms with Crippen molar-refractivity contribution < 1.29 is 4.74 Å². The number of nitrogens with two attached hydrogens (primary N) is 1. The van der Waals surface area contributed by atoms with Gasteiger partial charge >= 0.3 is 0 Å². The Morgan fingerprint density at radius 2 is 2.17 bits per heavy atom. The van der Waals surface area contributed by atoms with E-state index in [1.165, 1.54) is 31.4 Å². The van der Waals surface area contributed by atoms with E-state index in [1.807, 2.05) is 12.1 Å². The van der Waals surface area contributed by atoms with E-state index >= 15 is 0 Å². The van der Waals surface area contributed by atoms with Crippen LogP contribution in [0.5, 0.6) is 0 Å². The number of benzene rings is 1. The van der Waals surface area contributed by atoms with Gasteiger partial charge < -0.3 is 10.5 Å². The zero-order valence-electron chi connectivity index (χ0n) is 11.3. The van der Waals surface area contributed by atoms with Crippen LogP contribution >= 0.6 is 0 Å². The number of ether oxygens (including phenoxy) is 1. The predicted molar refractivity (Wildman–Crippen MR) is 75.4 cm³/mol. The molecule has 1 saturated carbocycles. The summed E-state index contributed by atoms with van der Waals surface area (Å²) >= 11 is 0. The molecule has 3 heteroatoms.